The summed E-state index contributed by atoms with van der Waals surface area (Å²) in [4.78, 5) is 10.9. The molecule has 1 atom stereocenters. The van der Waals surface area contributed by atoms with Crippen LogP contribution >= 0.6 is 11.6 Å². The highest BCUT2D eigenvalue weighted by Crippen LogP contribution is 2.08. The Bertz CT molecular complexity index is 115. The summed E-state index contributed by atoms with van der Waals surface area (Å²) in [6, 6.07) is 0. The van der Waals surface area contributed by atoms with Crippen LogP contribution in [0.25, 0.3) is 0 Å². The second-order valence-electron chi connectivity index (χ2n) is 2.36. The molecule has 0 aromatic heterocycles. The summed E-state index contributed by atoms with van der Waals surface area (Å²) in [7, 11) is 0. The largest absolute Gasteiger partial charge is 0.465 e. The molecule has 66 valence electrons. The second kappa shape index (κ2) is 6.47. The van der Waals surface area contributed by atoms with Gasteiger partial charge in [-0.2, -0.15) is 0 Å². The van der Waals surface area contributed by atoms with Gasteiger partial charge in [-0.05, 0) is 13.3 Å². The van der Waals surface area contributed by atoms with E-state index < -0.39 is 5.38 Å². The molecule has 0 bridgehead atoms. The smallest absolute Gasteiger partial charge is 0.324 e. The van der Waals surface area contributed by atoms with Crippen LogP contribution in [0, 0.1) is 0 Å². The van der Waals surface area contributed by atoms with E-state index in [0.29, 0.717) is 6.61 Å². The Hall–Kier alpha value is -0.240. The number of alkyl halides is 1. The number of rotatable bonds is 5. The third-order valence-electron chi connectivity index (χ3n) is 1.35. The number of ether oxygens (including phenoxy) is 1. The van der Waals surface area contributed by atoms with Crippen LogP contribution in [0.5, 0.6) is 0 Å². The molecule has 0 aliphatic rings. The zero-order valence-electron chi connectivity index (χ0n) is 7.10. The van der Waals surface area contributed by atoms with Crippen molar-refractivity contribution in [3.63, 3.8) is 0 Å². The van der Waals surface area contributed by atoms with Crippen molar-refractivity contribution in [2.45, 2.75) is 38.5 Å². The second-order valence-corrected chi connectivity index (χ2v) is 2.89. The fourth-order valence-corrected chi connectivity index (χ4v) is 0.951. The van der Waals surface area contributed by atoms with Crippen LogP contribution in [0.15, 0.2) is 0 Å². The van der Waals surface area contributed by atoms with Crippen LogP contribution < -0.4 is 0 Å². The minimum absolute atomic E-state index is 0.289. The Labute approximate surface area is 72.9 Å². The maximum Gasteiger partial charge on any atom is 0.324 e. The standard InChI is InChI=1S/C8H15ClO2/c1-3-5-6-7(9)8(10)11-4-2/h7H,3-6H2,1-2H3/t7-/m0/s1. The third-order valence-corrected chi connectivity index (χ3v) is 1.75. The Morgan fingerprint density at radius 2 is 2.18 bits per heavy atom. The van der Waals surface area contributed by atoms with E-state index in [1.165, 1.54) is 0 Å². The van der Waals surface area contributed by atoms with Gasteiger partial charge in [-0.1, -0.05) is 19.8 Å². The van der Waals surface area contributed by atoms with Gasteiger partial charge in [-0.25, -0.2) is 0 Å². The van der Waals surface area contributed by atoms with Gasteiger partial charge in [-0.15, -0.1) is 11.6 Å². The first kappa shape index (κ1) is 10.8. The van der Waals surface area contributed by atoms with E-state index in [0.717, 1.165) is 19.3 Å². The summed E-state index contributed by atoms with van der Waals surface area (Å²) < 4.78 is 4.73. The van der Waals surface area contributed by atoms with E-state index in [9.17, 15) is 4.79 Å². The molecule has 0 spiro atoms. The molecule has 0 aromatic rings. The molecule has 11 heavy (non-hydrogen) atoms. The maximum atomic E-state index is 10.9. The van der Waals surface area contributed by atoms with Crippen molar-refractivity contribution in [1.29, 1.82) is 0 Å². The number of carbonyl (C=O) groups is 1. The molecule has 0 N–H and O–H groups in total. The SMILES string of the molecule is CCCC[C@H](Cl)C(=O)OCC. The summed E-state index contributed by atoms with van der Waals surface area (Å²) in [6.07, 6.45) is 2.76. The zero-order chi connectivity index (χ0) is 8.69. The quantitative estimate of drug-likeness (QED) is 0.477. The lowest BCUT2D eigenvalue weighted by atomic mass is 10.2. The molecule has 0 aliphatic heterocycles. The molecule has 0 aromatic carbocycles. The van der Waals surface area contributed by atoms with Gasteiger partial charge in [0.05, 0.1) is 6.61 Å². The Kier molecular flexibility index (Phi) is 6.33. The minimum Gasteiger partial charge on any atom is -0.465 e. The molecule has 0 aliphatic carbocycles. The van der Waals surface area contributed by atoms with Crippen LogP contribution in [-0.2, 0) is 9.53 Å². The topological polar surface area (TPSA) is 26.3 Å². The summed E-state index contributed by atoms with van der Waals surface area (Å²) in [5.74, 6) is -0.289. The van der Waals surface area contributed by atoms with Crippen LogP contribution in [-0.4, -0.2) is 18.0 Å². The average Bonchev–Trinajstić information content (AvgIpc) is 2.00. The van der Waals surface area contributed by atoms with Crippen molar-refractivity contribution in [1.82, 2.24) is 0 Å². The fourth-order valence-electron chi connectivity index (χ4n) is 0.734. The molecule has 0 radical (unpaired) electrons. The van der Waals surface area contributed by atoms with Crippen molar-refractivity contribution in [2.75, 3.05) is 6.61 Å². The number of esters is 1. The number of unbranched alkanes of at least 4 members (excludes halogenated alkanes) is 1. The minimum atomic E-state index is -0.449. The van der Waals surface area contributed by atoms with Gasteiger partial charge in [0.1, 0.15) is 5.38 Å². The monoisotopic (exact) mass is 178 g/mol. The first-order valence-electron chi connectivity index (χ1n) is 4.03. The van der Waals surface area contributed by atoms with Crippen LogP contribution in [0.3, 0.4) is 0 Å². The first-order valence-corrected chi connectivity index (χ1v) is 4.46. The summed E-state index contributed by atoms with van der Waals surface area (Å²) in [6.45, 7) is 4.25. The van der Waals surface area contributed by atoms with E-state index in [-0.39, 0.29) is 5.97 Å². The molecule has 2 nitrogen and oxygen atoms in total. The zero-order valence-corrected chi connectivity index (χ0v) is 7.86. The van der Waals surface area contributed by atoms with Gasteiger partial charge < -0.3 is 4.74 Å². The van der Waals surface area contributed by atoms with Crippen molar-refractivity contribution in [2.24, 2.45) is 0 Å². The fraction of sp³-hybridized carbons (Fsp3) is 0.875. The predicted octanol–water partition coefficient (Wildman–Crippen LogP) is 2.35. The van der Waals surface area contributed by atoms with Gasteiger partial charge >= 0.3 is 5.97 Å². The van der Waals surface area contributed by atoms with Crippen molar-refractivity contribution >= 4 is 17.6 Å². The summed E-state index contributed by atoms with van der Waals surface area (Å²) in [5, 5.41) is -0.449. The molecule has 0 unspecified atom stereocenters. The van der Waals surface area contributed by atoms with Gasteiger partial charge in [0.2, 0.25) is 0 Å². The number of carbonyl (C=O) groups excluding carboxylic acids is 1. The van der Waals surface area contributed by atoms with Crippen molar-refractivity contribution < 1.29 is 9.53 Å². The van der Waals surface area contributed by atoms with E-state index in [2.05, 4.69) is 6.92 Å². The Balaban J connectivity index is 3.46. The number of hydrogen-bond donors (Lipinski definition) is 0. The van der Waals surface area contributed by atoms with Gasteiger partial charge in [0.15, 0.2) is 0 Å². The lowest BCUT2D eigenvalue weighted by Crippen LogP contribution is -2.17. The van der Waals surface area contributed by atoms with Gasteiger partial charge in [0.25, 0.3) is 0 Å². The summed E-state index contributed by atoms with van der Waals surface area (Å²) in [5.41, 5.74) is 0. The average molecular weight is 179 g/mol. The van der Waals surface area contributed by atoms with Gasteiger partial charge in [-0.3, -0.25) is 4.79 Å². The maximum absolute atomic E-state index is 10.9. The van der Waals surface area contributed by atoms with Crippen LogP contribution in [0.4, 0.5) is 0 Å². The first-order chi connectivity index (χ1) is 5.22. The van der Waals surface area contributed by atoms with Crippen LogP contribution in [0.1, 0.15) is 33.1 Å². The third kappa shape index (κ3) is 5.08. The Morgan fingerprint density at radius 3 is 2.64 bits per heavy atom. The van der Waals surface area contributed by atoms with Crippen molar-refractivity contribution in [3.05, 3.63) is 0 Å². The van der Waals surface area contributed by atoms with Crippen LogP contribution in [0.2, 0.25) is 0 Å². The number of halogens is 1. The molecular weight excluding hydrogens is 164 g/mol. The molecule has 0 rings (SSSR count). The van der Waals surface area contributed by atoms with E-state index in [4.69, 9.17) is 16.3 Å². The molecule has 0 amide bonds. The highest BCUT2D eigenvalue weighted by atomic mass is 35.5. The molecule has 0 fully saturated rings. The van der Waals surface area contributed by atoms with E-state index >= 15 is 0 Å². The molecule has 0 saturated carbocycles. The predicted molar refractivity (Wildman–Crippen MR) is 45.8 cm³/mol. The normalized spacial score (nSPS) is 12.6. The molecule has 3 heteroatoms. The van der Waals surface area contributed by atoms with Gasteiger partial charge in [0, 0.05) is 0 Å². The highest BCUT2D eigenvalue weighted by Gasteiger charge is 2.14. The van der Waals surface area contributed by atoms with E-state index in [1.807, 2.05) is 0 Å². The summed E-state index contributed by atoms with van der Waals surface area (Å²) >= 11 is 5.71. The lowest BCUT2D eigenvalue weighted by molar-refractivity contribution is -0.142. The Morgan fingerprint density at radius 1 is 1.55 bits per heavy atom. The number of hydrogen-bond acceptors (Lipinski definition) is 2. The van der Waals surface area contributed by atoms with Crippen molar-refractivity contribution in [3.8, 4) is 0 Å². The highest BCUT2D eigenvalue weighted by molar-refractivity contribution is 6.29. The molecule has 0 heterocycles. The van der Waals surface area contributed by atoms with E-state index in [1.54, 1.807) is 6.92 Å². The molecule has 0 saturated heterocycles. The molecular formula is C8H15ClO2. The lowest BCUT2D eigenvalue weighted by Gasteiger charge is -2.06.